The molecule has 0 spiro atoms. The number of carbonyl (C=O) groups excluding carboxylic acids is 1. The second kappa shape index (κ2) is 7.55. The quantitative estimate of drug-likeness (QED) is 0.462. The molecule has 2 aromatic rings. The maximum atomic E-state index is 12.5. The van der Waals surface area contributed by atoms with E-state index in [-0.39, 0.29) is 5.91 Å². The van der Waals surface area contributed by atoms with Crippen molar-refractivity contribution >= 4 is 46.5 Å². The summed E-state index contributed by atoms with van der Waals surface area (Å²) in [5, 5.41) is 5.54. The van der Waals surface area contributed by atoms with Gasteiger partial charge >= 0.3 is 0 Å². The van der Waals surface area contributed by atoms with Gasteiger partial charge in [0.25, 0.3) is 5.91 Å². The summed E-state index contributed by atoms with van der Waals surface area (Å²) in [6.45, 7) is 2.11. The predicted octanol–water partition coefficient (Wildman–Crippen LogP) is 4.48. The fraction of sp³-hybridized carbons (Fsp3) is 0.105. The SMILES string of the molecule is CCc1ccc(/C=N/N2C(=O)/C(=C\c3ccccc3)SC2=S)cc1. The van der Waals surface area contributed by atoms with Crippen molar-refractivity contribution < 1.29 is 4.79 Å². The van der Waals surface area contributed by atoms with Gasteiger partial charge in [0, 0.05) is 0 Å². The average Bonchev–Trinajstić information content (AvgIpc) is 2.88. The van der Waals surface area contributed by atoms with E-state index >= 15 is 0 Å². The zero-order chi connectivity index (χ0) is 16.9. The molecule has 0 saturated carbocycles. The van der Waals surface area contributed by atoms with E-state index < -0.39 is 0 Å². The molecule has 0 aliphatic carbocycles. The normalized spacial score (nSPS) is 16.5. The van der Waals surface area contributed by atoms with Crippen molar-refractivity contribution in [3.05, 3.63) is 76.2 Å². The highest BCUT2D eigenvalue weighted by molar-refractivity contribution is 8.26. The van der Waals surface area contributed by atoms with E-state index in [2.05, 4.69) is 24.2 Å². The van der Waals surface area contributed by atoms with Crippen molar-refractivity contribution in [2.75, 3.05) is 0 Å². The lowest BCUT2D eigenvalue weighted by molar-refractivity contribution is -0.122. The van der Waals surface area contributed by atoms with Crippen LogP contribution >= 0.6 is 24.0 Å². The number of thiocarbonyl (C=S) groups is 1. The molecular weight excluding hydrogens is 336 g/mol. The molecule has 1 aliphatic rings. The molecule has 5 heteroatoms. The second-order valence-electron chi connectivity index (χ2n) is 5.24. The minimum absolute atomic E-state index is 0.185. The van der Waals surface area contributed by atoms with Crippen LogP contribution in [0.15, 0.2) is 64.6 Å². The van der Waals surface area contributed by atoms with Gasteiger partial charge in [-0.3, -0.25) is 4.79 Å². The number of hydrogen-bond donors (Lipinski definition) is 0. The van der Waals surface area contributed by atoms with Gasteiger partial charge in [-0.15, -0.1) is 0 Å². The van der Waals surface area contributed by atoms with Crippen LogP contribution in [-0.2, 0) is 11.2 Å². The van der Waals surface area contributed by atoms with E-state index in [0.717, 1.165) is 17.5 Å². The summed E-state index contributed by atoms with van der Waals surface area (Å²) in [6.07, 6.45) is 4.50. The lowest BCUT2D eigenvalue weighted by Gasteiger charge is -2.06. The molecule has 1 amide bonds. The molecule has 3 rings (SSSR count). The van der Waals surface area contributed by atoms with E-state index in [9.17, 15) is 4.79 Å². The van der Waals surface area contributed by atoms with Gasteiger partial charge in [-0.25, -0.2) is 0 Å². The van der Waals surface area contributed by atoms with Gasteiger partial charge in [-0.05, 0) is 41.4 Å². The highest BCUT2D eigenvalue weighted by Crippen LogP contribution is 2.32. The number of benzene rings is 2. The fourth-order valence-electron chi connectivity index (χ4n) is 2.22. The molecule has 1 saturated heterocycles. The minimum Gasteiger partial charge on any atom is -0.266 e. The second-order valence-corrected chi connectivity index (χ2v) is 6.92. The number of carbonyl (C=O) groups is 1. The smallest absolute Gasteiger partial charge is 0.266 e. The van der Waals surface area contributed by atoms with Crippen LogP contribution in [0, 0.1) is 0 Å². The van der Waals surface area contributed by atoms with Gasteiger partial charge in [0.2, 0.25) is 0 Å². The molecule has 0 unspecified atom stereocenters. The Kier molecular flexibility index (Phi) is 5.23. The third-order valence-corrected chi connectivity index (χ3v) is 4.86. The standard InChI is InChI=1S/C19H16N2OS2/c1-2-14-8-10-16(11-9-14)13-20-21-18(22)17(24-19(21)23)12-15-6-4-3-5-7-15/h3-13H,2H2,1H3/b17-12+,20-13+. The van der Waals surface area contributed by atoms with Crippen molar-refractivity contribution in [1.29, 1.82) is 0 Å². The Morgan fingerprint density at radius 2 is 1.79 bits per heavy atom. The third kappa shape index (κ3) is 3.80. The zero-order valence-corrected chi connectivity index (χ0v) is 14.8. The maximum absolute atomic E-state index is 12.5. The number of amides is 1. The van der Waals surface area contributed by atoms with E-state index in [1.54, 1.807) is 6.21 Å². The monoisotopic (exact) mass is 352 g/mol. The van der Waals surface area contributed by atoms with E-state index in [4.69, 9.17) is 12.2 Å². The van der Waals surface area contributed by atoms with Crippen LogP contribution in [0.2, 0.25) is 0 Å². The summed E-state index contributed by atoms with van der Waals surface area (Å²) < 4.78 is 0.448. The summed E-state index contributed by atoms with van der Waals surface area (Å²) in [5.74, 6) is -0.185. The summed E-state index contributed by atoms with van der Waals surface area (Å²) in [5.41, 5.74) is 3.17. The summed E-state index contributed by atoms with van der Waals surface area (Å²) >= 11 is 6.55. The highest BCUT2D eigenvalue weighted by Gasteiger charge is 2.31. The maximum Gasteiger partial charge on any atom is 0.286 e. The molecule has 1 fully saturated rings. The van der Waals surface area contributed by atoms with Crippen molar-refractivity contribution in [2.24, 2.45) is 5.10 Å². The van der Waals surface area contributed by atoms with Crippen molar-refractivity contribution in [1.82, 2.24) is 5.01 Å². The van der Waals surface area contributed by atoms with Crippen molar-refractivity contribution in [3.63, 3.8) is 0 Å². The number of aryl methyl sites for hydroxylation is 1. The largest absolute Gasteiger partial charge is 0.286 e. The van der Waals surface area contributed by atoms with Crippen molar-refractivity contribution in [3.8, 4) is 0 Å². The topological polar surface area (TPSA) is 32.7 Å². The lowest BCUT2D eigenvalue weighted by Crippen LogP contribution is -2.22. The van der Waals surface area contributed by atoms with E-state index in [0.29, 0.717) is 9.23 Å². The van der Waals surface area contributed by atoms with Crippen LogP contribution in [0.1, 0.15) is 23.6 Å². The van der Waals surface area contributed by atoms with Gasteiger partial charge in [-0.1, -0.05) is 73.3 Å². The van der Waals surface area contributed by atoms with Crippen LogP contribution < -0.4 is 0 Å². The first-order chi connectivity index (χ1) is 11.7. The summed E-state index contributed by atoms with van der Waals surface area (Å²) in [6, 6.07) is 17.8. The molecule has 0 radical (unpaired) electrons. The number of rotatable bonds is 4. The molecule has 0 atom stereocenters. The molecular formula is C19H16N2OS2. The summed E-state index contributed by atoms with van der Waals surface area (Å²) in [7, 11) is 0. The van der Waals surface area contributed by atoms with Crippen LogP contribution in [0.3, 0.4) is 0 Å². The first-order valence-corrected chi connectivity index (χ1v) is 8.86. The van der Waals surface area contributed by atoms with Crippen LogP contribution in [0.5, 0.6) is 0 Å². The molecule has 1 aliphatic heterocycles. The Hall–Kier alpha value is -2.24. The number of hydrogen-bond acceptors (Lipinski definition) is 4. The number of thioether (sulfide) groups is 1. The molecule has 0 aromatic heterocycles. The fourth-order valence-corrected chi connectivity index (χ4v) is 3.40. The zero-order valence-electron chi connectivity index (χ0n) is 13.2. The van der Waals surface area contributed by atoms with Gasteiger partial charge in [0.05, 0.1) is 11.1 Å². The molecule has 24 heavy (non-hydrogen) atoms. The van der Waals surface area contributed by atoms with Gasteiger partial charge in [-0.2, -0.15) is 10.1 Å². The molecule has 120 valence electrons. The van der Waals surface area contributed by atoms with Crippen LogP contribution in [0.4, 0.5) is 0 Å². The average molecular weight is 352 g/mol. The summed E-state index contributed by atoms with van der Waals surface area (Å²) in [4.78, 5) is 13.1. The Morgan fingerprint density at radius 1 is 1.08 bits per heavy atom. The van der Waals surface area contributed by atoms with E-state index in [1.807, 2.05) is 48.5 Å². The van der Waals surface area contributed by atoms with Gasteiger partial charge in [0.1, 0.15) is 0 Å². The molecule has 2 aromatic carbocycles. The molecule has 0 N–H and O–H groups in total. The van der Waals surface area contributed by atoms with Crippen molar-refractivity contribution in [2.45, 2.75) is 13.3 Å². The predicted molar refractivity (Wildman–Crippen MR) is 105 cm³/mol. The number of hydrazone groups is 1. The molecule has 0 bridgehead atoms. The Morgan fingerprint density at radius 3 is 2.46 bits per heavy atom. The Balaban J connectivity index is 1.76. The Labute approximate surface area is 151 Å². The minimum atomic E-state index is -0.185. The Bertz CT molecular complexity index is 811. The molecule has 1 heterocycles. The highest BCUT2D eigenvalue weighted by atomic mass is 32.2. The third-order valence-electron chi connectivity index (χ3n) is 3.58. The van der Waals surface area contributed by atoms with Gasteiger partial charge in [0.15, 0.2) is 4.32 Å². The molecule has 3 nitrogen and oxygen atoms in total. The number of nitrogens with zero attached hydrogens (tertiary/aromatic N) is 2. The van der Waals surface area contributed by atoms with Gasteiger partial charge < -0.3 is 0 Å². The lowest BCUT2D eigenvalue weighted by atomic mass is 10.1. The van der Waals surface area contributed by atoms with Crippen LogP contribution in [-0.4, -0.2) is 21.5 Å². The first kappa shape index (κ1) is 16.6. The van der Waals surface area contributed by atoms with Crippen LogP contribution in [0.25, 0.3) is 6.08 Å². The first-order valence-electron chi connectivity index (χ1n) is 7.63. The van der Waals surface area contributed by atoms with E-state index in [1.165, 1.54) is 22.3 Å².